The Bertz CT molecular complexity index is 569. The SMILES string of the molecule is CN(C(=O)c1ccco1)c1ccc(N2CCCC2)cc1. The van der Waals surface area contributed by atoms with Gasteiger partial charge in [0, 0.05) is 31.5 Å². The zero-order chi connectivity index (χ0) is 13.9. The van der Waals surface area contributed by atoms with Gasteiger partial charge in [-0.25, -0.2) is 0 Å². The molecule has 104 valence electrons. The van der Waals surface area contributed by atoms with Crippen molar-refractivity contribution in [2.45, 2.75) is 12.8 Å². The lowest BCUT2D eigenvalue weighted by Gasteiger charge is -2.20. The maximum atomic E-state index is 12.2. The first-order chi connectivity index (χ1) is 9.75. The summed E-state index contributed by atoms with van der Waals surface area (Å²) in [6.45, 7) is 2.25. The van der Waals surface area contributed by atoms with Gasteiger partial charge in [-0.2, -0.15) is 0 Å². The molecule has 3 rings (SSSR count). The Labute approximate surface area is 118 Å². The number of hydrogen-bond donors (Lipinski definition) is 0. The van der Waals surface area contributed by atoms with E-state index in [1.54, 1.807) is 24.1 Å². The average Bonchev–Trinajstić information content (AvgIpc) is 3.18. The van der Waals surface area contributed by atoms with E-state index in [0.29, 0.717) is 5.76 Å². The van der Waals surface area contributed by atoms with E-state index < -0.39 is 0 Å². The van der Waals surface area contributed by atoms with Crippen molar-refractivity contribution < 1.29 is 9.21 Å². The lowest BCUT2D eigenvalue weighted by molar-refractivity contribution is 0.0966. The molecule has 0 saturated carbocycles. The number of furan rings is 1. The molecule has 0 atom stereocenters. The van der Waals surface area contributed by atoms with E-state index in [2.05, 4.69) is 17.0 Å². The summed E-state index contributed by atoms with van der Waals surface area (Å²) in [4.78, 5) is 16.1. The molecule has 1 aliphatic heterocycles. The van der Waals surface area contributed by atoms with Crippen LogP contribution in [0.25, 0.3) is 0 Å². The first-order valence-corrected chi connectivity index (χ1v) is 6.92. The Morgan fingerprint density at radius 2 is 1.85 bits per heavy atom. The van der Waals surface area contributed by atoms with Crippen molar-refractivity contribution in [1.29, 1.82) is 0 Å². The molecule has 2 aromatic rings. The Balaban J connectivity index is 1.75. The third-order valence-corrected chi connectivity index (χ3v) is 3.74. The molecule has 4 nitrogen and oxygen atoms in total. The van der Waals surface area contributed by atoms with Crippen molar-refractivity contribution in [3.63, 3.8) is 0 Å². The van der Waals surface area contributed by atoms with Crippen LogP contribution in [0.3, 0.4) is 0 Å². The molecule has 0 bridgehead atoms. The molecule has 4 heteroatoms. The summed E-state index contributed by atoms with van der Waals surface area (Å²) in [6, 6.07) is 11.5. The van der Waals surface area contributed by atoms with Gasteiger partial charge < -0.3 is 14.2 Å². The van der Waals surface area contributed by atoms with Crippen LogP contribution in [0.15, 0.2) is 47.1 Å². The highest BCUT2D eigenvalue weighted by Gasteiger charge is 2.17. The number of amides is 1. The van der Waals surface area contributed by atoms with Gasteiger partial charge in [-0.3, -0.25) is 4.79 Å². The first-order valence-electron chi connectivity index (χ1n) is 6.92. The van der Waals surface area contributed by atoms with Crippen molar-refractivity contribution >= 4 is 17.3 Å². The van der Waals surface area contributed by atoms with Crippen LogP contribution in [0.5, 0.6) is 0 Å². The van der Waals surface area contributed by atoms with E-state index in [1.807, 2.05) is 12.1 Å². The van der Waals surface area contributed by atoms with Crippen LogP contribution >= 0.6 is 0 Å². The van der Waals surface area contributed by atoms with Crippen LogP contribution in [0.1, 0.15) is 23.4 Å². The average molecular weight is 270 g/mol. The van der Waals surface area contributed by atoms with Crippen LogP contribution in [0.2, 0.25) is 0 Å². The third kappa shape index (κ3) is 2.41. The fraction of sp³-hybridized carbons (Fsp3) is 0.312. The van der Waals surface area contributed by atoms with Gasteiger partial charge in [0.25, 0.3) is 5.91 Å². The van der Waals surface area contributed by atoms with Crippen molar-refractivity contribution in [1.82, 2.24) is 0 Å². The molecular formula is C16H18N2O2. The fourth-order valence-electron chi connectivity index (χ4n) is 2.55. The van der Waals surface area contributed by atoms with Crippen LogP contribution in [-0.2, 0) is 0 Å². The number of anilines is 2. The first kappa shape index (κ1) is 12.8. The van der Waals surface area contributed by atoms with E-state index >= 15 is 0 Å². The molecule has 1 saturated heterocycles. The topological polar surface area (TPSA) is 36.7 Å². The highest BCUT2D eigenvalue weighted by molar-refractivity contribution is 6.03. The Kier molecular flexibility index (Phi) is 3.46. The second kappa shape index (κ2) is 5.41. The second-order valence-corrected chi connectivity index (χ2v) is 5.05. The van der Waals surface area contributed by atoms with Crippen molar-refractivity contribution in [2.24, 2.45) is 0 Å². The predicted molar refractivity (Wildman–Crippen MR) is 79.3 cm³/mol. The standard InChI is InChI=1S/C16H18N2O2/c1-17(16(19)15-5-4-12-20-15)13-6-8-14(9-7-13)18-10-2-3-11-18/h4-9,12H,2-3,10-11H2,1H3. The summed E-state index contributed by atoms with van der Waals surface area (Å²) in [5, 5.41) is 0. The minimum absolute atomic E-state index is 0.135. The largest absolute Gasteiger partial charge is 0.459 e. The van der Waals surface area contributed by atoms with Gasteiger partial charge in [0.15, 0.2) is 5.76 Å². The van der Waals surface area contributed by atoms with Crippen LogP contribution in [-0.4, -0.2) is 26.0 Å². The van der Waals surface area contributed by atoms with Crippen LogP contribution in [0.4, 0.5) is 11.4 Å². The fourth-order valence-corrected chi connectivity index (χ4v) is 2.55. The highest BCUT2D eigenvalue weighted by Crippen LogP contribution is 2.24. The van der Waals surface area contributed by atoms with Gasteiger partial charge in [-0.05, 0) is 49.2 Å². The Hall–Kier alpha value is -2.23. The van der Waals surface area contributed by atoms with Crippen LogP contribution in [0, 0.1) is 0 Å². The molecule has 2 heterocycles. The molecule has 0 unspecified atom stereocenters. The molecule has 1 aromatic carbocycles. The number of hydrogen-bond acceptors (Lipinski definition) is 3. The van der Waals surface area contributed by atoms with E-state index in [9.17, 15) is 4.79 Å². The van der Waals surface area contributed by atoms with E-state index in [-0.39, 0.29) is 5.91 Å². The van der Waals surface area contributed by atoms with Gasteiger partial charge in [0.1, 0.15) is 0 Å². The summed E-state index contributed by atoms with van der Waals surface area (Å²) in [7, 11) is 1.76. The molecule has 0 radical (unpaired) electrons. The minimum Gasteiger partial charge on any atom is -0.459 e. The molecule has 1 aromatic heterocycles. The monoisotopic (exact) mass is 270 g/mol. The van der Waals surface area contributed by atoms with Crippen molar-refractivity contribution in [3.05, 3.63) is 48.4 Å². The quantitative estimate of drug-likeness (QED) is 0.859. The van der Waals surface area contributed by atoms with Gasteiger partial charge in [0.05, 0.1) is 6.26 Å². The predicted octanol–water partition coefficient (Wildman–Crippen LogP) is 3.16. The highest BCUT2D eigenvalue weighted by atomic mass is 16.3. The van der Waals surface area contributed by atoms with Crippen molar-refractivity contribution in [2.75, 3.05) is 29.9 Å². The maximum absolute atomic E-state index is 12.2. The lowest BCUT2D eigenvalue weighted by atomic mass is 10.2. The minimum atomic E-state index is -0.135. The Morgan fingerprint density at radius 1 is 1.15 bits per heavy atom. The number of benzene rings is 1. The summed E-state index contributed by atoms with van der Waals surface area (Å²) in [5.74, 6) is 0.222. The van der Waals surface area contributed by atoms with E-state index in [4.69, 9.17) is 4.42 Å². The third-order valence-electron chi connectivity index (χ3n) is 3.74. The zero-order valence-electron chi connectivity index (χ0n) is 11.6. The zero-order valence-corrected chi connectivity index (χ0v) is 11.6. The molecule has 0 spiro atoms. The smallest absolute Gasteiger partial charge is 0.293 e. The molecular weight excluding hydrogens is 252 g/mol. The normalized spacial score (nSPS) is 14.6. The molecule has 1 fully saturated rings. The Morgan fingerprint density at radius 3 is 2.45 bits per heavy atom. The number of nitrogens with zero attached hydrogens (tertiary/aromatic N) is 2. The van der Waals surface area contributed by atoms with Gasteiger partial charge in [-0.15, -0.1) is 0 Å². The van der Waals surface area contributed by atoms with E-state index in [0.717, 1.165) is 18.8 Å². The summed E-state index contributed by atoms with van der Waals surface area (Å²) in [6.07, 6.45) is 4.04. The maximum Gasteiger partial charge on any atom is 0.293 e. The van der Waals surface area contributed by atoms with Gasteiger partial charge >= 0.3 is 0 Å². The lowest BCUT2D eigenvalue weighted by Crippen LogP contribution is -2.25. The molecule has 0 N–H and O–H groups in total. The molecule has 0 aliphatic carbocycles. The van der Waals surface area contributed by atoms with Crippen LogP contribution < -0.4 is 9.80 Å². The second-order valence-electron chi connectivity index (χ2n) is 5.05. The molecule has 20 heavy (non-hydrogen) atoms. The van der Waals surface area contributed by atoms with Crippen molar-refractivity contribution in [3.8, 4) is 0 Å². The number of carbonyl (C=O) groups is 1. The van der Waals surface area contributed by atoms with Gasteiger partial charge in [-0.1, -0.05) is 0 Å². The number of carbonyl (C=O) groups excluding carboxylic acids is 1. The molecule has 1 aliphatic rings. The number of rotatable bonds is 3. The van der Waals surface area contributed by atoms with E-state index in [1.165, 1.54) is 24.8 Å². The molecule has 1 amide bonds. The summed E-state index contributed by atoms with van der Waals surface area (Å²) >= 11 is 0. The summed E-state index contributed by atoms with van der Waals surface area (Å²) < 4.78 is 5.14. The summed E-state index contributed by atoms with van der Waals surface area (Å²) in [5.41, 5.74) is 2.10. The van der Waals surface area contributed by atoms with Gasteiger partial charge in [0.2, 0.25) is 0 Å².